The number of rotatable bonds is 6. The van der Waals surface area contributed by atoms with Gasteiger partial charge in [0.2, 0.25) is 5.13 Å². The van der Waals surface area contributed by atoms with Gasteiger partial charge < -0.3 is 4.74 Å². The highest BCUT2D eigenvalue weighted by molar-refractivity contribution is 9.10. The molecule has 0 aliphatic heterocycles. The summed E-state index contributed by atoms with van der Waals surface area (Å²) in [7, 11) is 0. The number of para-hydroxylation sites is 1. The molecule has 0 spiro atoms. The van der Waals surface area contributed by atoms with Gasteiger partial charge in [0.1, 0.15) is 0 Å². The number of nitrogens with zero attached hydrogens (tertiary/aromatic N) is 3. The van der Waals surface area contributed by atoms with Crippen molar-refractivity contribution in [3.05, 3.63) is 51.6 Å². The van der Waals surface area contributed by atoms with Crippen LogP contribution in [0.25, 0.3) is 10.9 Å². The van der Waals surface area contributed by atoms with Crippen molar-refractivity contribution < 1.29 is 9.53 Å². The van der Waals surface area contributed by atoms with Crippen LogP contribution < -0.4 is 5.43 Å². The van der Waals surface area contributed by atoms with E-state index in [1.165, 1.54) is 11.3 Å². The molecule has 2 heterocycles. The third-order valence-corrected chi connectivity index (χ3v) is 4.48. The smallest absolute Gasteiger partial charge is 0.311 e. The Labute approximate surface area is 157 Å². The van der Waals surface area contributed by atoms with Gasteiger partial charge in [0.05, 0.1) is 30.5 Å². The maximum absolute atomic E-state index is 11.5. The van der Waals surface area contributed by atoms with Crippen LogP contribution in [0.5, 0.6) is 0 Å². The van der Waals surface area contributed by atoms with Crippen LogP contribution in [0.2, 0.25) is 0 Å². The van der Waals surface area contributed by atoms with Gasteiger partial charge in [0.15, 0.2) is 0 Å². The van der Waals surface area contributed by atoms with E-state index in [-0.39, 0.29) is 12.4 Å². The highest BCUT2D eigenvalue weighted by atomic mass is 79.9. The Morgan fingerprint density at radius 1 is 1.48 bits per heavy atom. The van der Waals surface area contributed by atoms with E-state index in [2.05, 4.69) is 36.4 Å². The maximum Gasteiger partial charge on any atom is 0.311 e. The molecule has 0 saturated heterocycles. The molecular weight excluding hydrogens is 404 g/mol. The van der Waals surface area contributed by atoms with Crippen LogP contribution in [-0.2, 0) is 16.0 Å². The van der Waals surface area contributed by atoms with Crippen molar-refractivity contribution in [3.63, 3.8) is 0 Å². The zero-order chi connectivity index (χ0) is 17.6. The number of aromatic nitrogens is 2. The second-order valence-corrected chi connectivity index (χ2v) is 6.84. The van der Waals surface area contributed by atoms with Crippen molar-refractivity contribution in [1.29, 1.82) is 0 Å². The zero-order valence-corrected chi connectivity index (χ0v) is 15.8. The fourth-order valence-corrected chi connectivity index (χ4v) is 3.23. The first-order chi connectivity index (χ1) is 12.2. The number of ether oxygens (including phenoxy) is 1. The van der Waals surface area contributed by atoms with Crippen LogP contribution >= 0.6 is 27.3 Å². The number of carbonyl (C=O) groups is 1. The van der Waals surface area contributed by atoms with E-state index in [4.69, 9.17) is 4.74 Å². The molecule has 0 aliphatic carbocycles. The van der Waals surface area contributed by atoms with Gasteiger partial charge >= 0.3 is 5.97 Å². The number of hydrogen-bond acceptors (Lipinski definition) is 7. The molecule has 128 valence electrons. The first-order valence-electron chi connectivity index (χ1n) is 7.59. The Bertz CT molecular complexity index is 926. The van der Waals surface area contributed by atoms with E-state index in [1.54, 1.807) is 19.3 Å². The molecule has 0 aliphatic rings. The van der Waals surface area contributed by atoms with Gasteiger partial charge in [-0.15, -0.1) is 11.3 Å². The summed E-state index contributed by atoms with van der Waals surface area (Å²) in [5.74, 6) is -0.282. The van der Waals surface area contributed by atoms with E-state index >= 15 is 0 Å². The molecule has 1 aromatic carbocycles. The molecule has 0 unspecified atom stereocenters. The Hall–Kier alpha value is -2.32. The number of carbonyl (C=O) groups excluding carboxylic acids is 1. The lowest BCUT2D eigenvalue weighted by molar-refractivity contribution is -0.142. The summed E-state index contributed by atoms with van der Waals surface area (Å²) in [6.07, 6.45) is 3.63. The molecule has 0 fully saturated rings. The SMILES string of the molecule is CCOC(=O)Cc1csc(NN=Cc2cccc3cc(Br)cnc23)n1. The predicted molar refractivity (Wildman–Crippen MR) is 103 cm³/mol. The maximum atomic E-state index is 11.5. The lowest BCUT2D eigenvalue weighted by Gasteiger charge is -2.01. The van der Waals surface area contributed by atoms with Gasteiger partial charge in [0.25, 0.3) is 0 Å². The van der Waals surface area contributed by atoms with Crippen LogP contribution in [-0.4, -0.2) is 28.8 Å². The van der Waals surface area contributed by atoms with Gasteiger partial charge in [-0.25, -0.2) is 4.98 Å². The number of hydrazone groups is 1. The van der Waals surface area contributed by atoms with E-state index in [0.717, 1.165) is 20.9 Å². The van der Waals surface area contributed by atoms with E-state index < -0.39 is 0 Å². The van der Waals surface area contributed by atoms with Gasteiger partial charge in [-0.1, -0.05) is 18.2 Å². The minimum Gasteiger partial charge on any atom is -0.466 e. The number of anilines is 1. The van der Waals surface area contributed by atoms with Crippen LogP contribution in [0, 0.1) is 0 Å². The summed E-state index contributed by atoms with van der Waals surface area (Å²) in [6, 6.07) is 7.91. The molecule has 1 N–H and O–H groups in total. The fraction of sp³-hybridized carbons (Fsp3) is 0.176. The first-order valence-corrected chi connectivity index (χ1v) is 9.26. The molecule has 0 atom stereocenters. The molecule has 0 saturated carbocycles. The van der Waals surface area contributed by atoms with Crippen molar-refractivity contribution in [2.75, 3.05) is 12.0 Å². The lowest BCUT2D eigenvalue weighted by Crippen LogP contribution is -2.07. The van der Waals surface area contributed by atoms with Crippen molar-refractivity contribution in [2.45, 2.75) is 13.3 Å². The number of hydrogen-bond donors (Lipinski definition) is 1. The number of pyridine rings is 1. The lowest BCUT2D eigenvalue weighted by atomic mass is 10.1. The van der Waals surface area contributed by atoms with Gasteiger partial charge in [-0.3, -0.25) is 15.2 Å². The average molecular weight is 419 g/mol. The summed E-state index contributed by atoms with van der Waals surface area (Å²) in [4.78, 5) is 20.2. The molecule has 3 aromatic rings. The van der Waals surface area contributed by atoms with Gasteiger partial charge in [-0.2, -0.15) is 5.10 Å². The highest BCUT2D eigenvalue weighted by Gasteiger charge is 2.08. The first kappa shape index (κ1) is 17.5. The minimum absolute atomic E-state index is 0.165. The van der Waals surface area contributed by atoms with Crippen molar-refractivity contribution in [2.24, 2.45) is 5.10 Å². The second kappa shape index (κ2) is 8.17. The summed E-state index contributed by atoms with van der Waals surface area (Å²) in [5, 5.41) is 7.68. The summed E-state index contributed by atoms with van der Waals surface area (Å²) in [6.45, 7) is 2.15. The molecule has 8 heteroatoms. The standard InChI is InChI=1S/C17H15BrN4O2S/c1-2-24-15(23)7-14-10-25-17(21-14)22-20-8-12-5-3-4-11-6-13(18)9-19-16(11)12/h3-6,8-10H,2,7H2,1H3,(H,21,22). The molecule has 3 rings (SSSR count). The Kier molecular flexibility index (Phi) is 5.72. The Balaban J connectivity index is 1.68. The fourth-order valence-electron chi connectivity index (χ4n) is 2.22. The minimum atomic E-state index is -0.282. The topological polar surface area (TPSA) is 76.5 Å². The number of benzene rings is 1. The molecule has 0 radical (unpaired) electrons. The predicted octanol–water partition coefficient (Wildman–Crippen LogP) is 4.01. The Morgan fingerprint density at radius 3 is 3.20 bits per heavy atom. The van der Waals surface area contributed by atoms with Crippen LogP contribution in [0.1, 0.15) is 18.2 Å². The third-order valence-electron chi connectivity index (χ3n) is 3.26. The molecule has 2 aromatic heterocycles. The van der Waals surface area contributed by atoms with E-state index in [1.807, 2.05) is 29.6 Å². The second-order valence-electron chi connectivity index (χ2n) is 5.07. The van der Waals surface area contributed by atoms with Crippen LogP contribution in [0.3, 0.4) is 0 Å². The van der Waals surface area contributed by atoms with Crippen LogP contribution in [0.4, 0.5) is 5.13 Å². The molecule has 0 bridgehead atoms. The molecular formula is C17H15BrN4O2S. The van der Waals surface area contributed by atoms with E-state index in [0.29, 0.717) is 17.4 Å². The third kappa shape index (κ3) is 4.61. The van der Waals surface area contributed by atoms with Gasteiger partial charge in [0, 0.05) is 27.0 Å². The monoisotopic (exact) mass is 418 g/mol. The summed E-state index contributed by atoms with van der Waals surface area (Å²) in [5.41, 5.74) is 5.32. The highest BCUT2D eigenvalue weighted by Crippen LogP contribution is 2.20. The largest absolute Gasteiger partial charge is 0.466 e. The molecule has 25 heavy (non-hydrogen) atoms. The van der Waals surface area contributed by atoms with Crippen molar-refractivity contribution >= 4 is 55.5 Å². The number of nitrogens with one attached hydrogen (secondary N) is 1. The summed E-state index contributed by atoms with van der Waals surface area (Å²) < 4.78 is 5.84. The quantitative estimate of drug-likeness (QED) is 0.371. The zero-order valence-electron chi connectivity index (χ0n) is 13.4. The molecule has 0 amide bonds. The number of halogens is 1. The van der Waals surface area contributed by atoms with Crippen molar-refractivity contribution in [1.82, 2.24) is 9.97 Å². The average Bonchev–Trinajstić information content (AvgIpc) is 3.02. The van der Waals surface area contributed by atoms with Crippen LogP contribution in [0.15, 0.2) is 45.4 Å². The Morgan fingerprint density at radius 2 is 2.36 bits per heavy atom. The summed E-state index contributed by atoms with van der Waals surface area (Å²) >= 11 is 4.81. The van der Waals surface area contributed by atoms with Crippen molar-refractivity contribution in [3.8, 4) is 0 Å². The van der Waals surface area contributed by atoms with Gasteiger partial charge in [-0.05, 0) is 28.9 Å². The number of thiazole rings is 1. The molecule has 6 nitrogen and oxygen atoms in total. The van der Waals surface area contributed by atoms with E-state index in [9.17, 15) is 4.79 Å². The number of esters is 1. The number of fused-ring (bicyclic) bond motifs is 1. The normalized spacial score (nSPS) is 11.1.